The highest BCUT2D eigenvalue weighted by molar-refractivity contribution is 5.68. The van der Waals surface area contributed by atoms with Crippen molar-refractivity contribution in [1.29, 1.82) is 0 Å². The number of aliphatic hydroxyl groups excluding tert-OH is 1. The molecule has 1 amide bonds. The van der Waals surface area contributed by atoms with Gasteiger partial charge in [0.25, 0.3) is 0 Å². The molecule has 0 aromatic heterocycles. The number of rotatable bonds is 4. The van der Waals surface area contributed by atoms with Gasteiger partial charge in [-0.2, -0.15) is 0 Å². The lowest BCUT2D eigenvalue weighted by Crippen LogP contribution is -2.48. The molecule has 1 saturated heterocycles. The van der Waals surface area contributed by atoms with Crippen LogP contribution in [0.15, 0.2) is 30.3 Å². The van der Waals surface area contributed by atoms with E-state index in [1.54, 1.807) is 0 Å². The molecule has 1 aliphatic rings. The van der Waals surface area contributed by atoms with Gasteiger partial charge in [-0.25, -0.2) is 4.79 Å². The molecule has 1 aliphatic heterocycles. The minimum Gasteiger partial charge on any atom is -0.444 e. The fourth-order valence-corrected chi connectivity index (χ4v) is 2.55. The van der Waals surface area contributed by atoms with Crippen molar-refractivity contribution >= 4 is 6.09 Å². The van der Waals surface area contributed by atoms with Crippen molar-refractivity contribution in [3.05, 3.63) is 35.9 Å². The zero-order chi connectivity index (χ0) is 18.3. The van der Waals surface area contributed by atoms with Gasteiger partial charge in [0.1, 0.15) is 5.60 Å². The van der Waals surface area contributed by atoms with Gasteiger partial charge >= 0.3 is 6.09 Å². The van der Waals surface area contributed by atoms with Gasteiger partial charge in [0.05, 0.1) is 38.5 Å². The van der Waals surface area contributed by atoms with Gasteiger partial charge in [-0.15, -0.1) is 0 Å². The summed E-state index contributed by atoms with van der Waals surface area (Å²) in [6.45, 7) is 7.37. The number of benzene rings is 1. The van der Waals surface area contributed by atoms with E-state index >= 15 is 0 Å². The standard InChI is InChI=1S/C19H29NO5/c1-19(2,3)25-18(22)20-11-16(21)9-10-24-17(12-20)14-23-13-15-7-5-4-6-8-15/h4-8,16-17,21H,9-14H2,1-3H3. The van der Waals surface area contributed by atoms with Gasteiger partial charge in [0.15, 0.2) is 0 Å². The molecule has 0 spiro atoms. The second-order valence-electron chi connectivity index (χ2n) is 7.32. The Morgan fingerprint density at radius 1 is 1.28 bits per heavy atom. The van der Waals surface area contributed by atoms with E-state index in [4.69, 9.17) is 14.2 Å². The number of carbonyl (C=O) groups excluding carboxylic acids is 1. The van der Waals surface area contributed by atoms with Crippen LogP contribution in [0.25, 0.3) is 0 Å². The predicted molar refractivity (Wildman–Crippen MR) is 94.3 cm³/mol. The lowest BCUT2D eigenvalue weighted by Gasteiger charge is -2.33. The Morgan fingerprint density at radius 2 is 2.00 bits per heavy atom. The van der Waals surface area contributed by atoms with Gasteiger partial charge in [-0.1, -0.05) is 30.3 Å². The summed E-state index contributed by atoms with van der Waals surface area (Å²) in [6, 6.07) is 9.91. The highest BCUT2D eigenvalue weighted by Gasteiger charge is 2.28. The highest BCUT2D eigenvalue weighted by atomic mass is 16.6. The third kappa shape index (κ3) is 7.42. The average molecular weight is 351 g/mol. The molecule has 1 heterocycles. The van der Waals surface area contributed by atoms with E-state index in [-0.39, 0.29) is 12.6 Å². The van der Waals surface area contributed by atoms with Crippen LogP contribution in [0.4, 0.5) is 4.79 Å². The molecule has 2 rings (SSSR count). The third-order valence-corrected chi connectivity index (χ3v) is 3.73. The number of hydrogen-bond donors (Lipinski definition) is 1. The van der Waals surface area contributed by atoms with Gasteiger partial charge in [-0.05, 0) is 32.8 Å². The molecule has 6 heteroatoms. The summed E-state index contributed by atoms with van der Waals surface area (Å²) >= 11 is 0. The molecule has 6 nitrogen and oxygen atoms in total. The number of hydrogen-bond acceptors (Lipinski definition) is 5. The first-order valence-corrected chi connectivity index (χ1v) is 8.73. The maximum atomic E-state index is 12.4. The van der Waals surface area contributed by atoms with Crippen LogP contribution < -0.4 is 0 Å². The van der Waals surface area contributed by atoms with Crippen molar-refractivity contribution in [2.75, 3.05) is 26.3 Å². The first-order chi connectivity index (χ1) is 11.8. The molecule has 0 radical (unpaired) electrons. The molecular formula is C19H29NO5. The van der Waals surface area contributed by atoms with Crippen molar-refractivity contribution < 1.29 is 24.1 Å². The normalized spacial score (nSPS) is 22.2. The number of nitrogens with zero attached hydrogens (tertiary/aromatic N) is 1. The molecule has 25 heavy (non-hydrogen) atoms. The topological polar surface area (TPSA) is 68.2 Å². The summed E-state index contributed by atoms with van der Waals surface area (Å²) in [6.07, 6.45) is -0.818. The number of carbonyl (C=O) groups is 1. The molecular weight excluding hydrogens is 322 g/mol. The van der Waals surface area contributed by atoms with E-state index in [0.29, 0.717) is 32.8 Å². The summed E-state index contributed by atoms with van der Waals surface area (Å²) in [5, 5.41) is 9.98. The number of ether oxygens (including phenoxy) is 3. The summed E-state index contributed by atoms with van der Waals surface area (Å²) in [5.74, 6) is 0. The second-order valence-corrected chi connectivity index (χ2v) is 7.32. The molecule has 1 fully saturated rings. The smallest absolute Gasteiger partial charge is 0.410 e. The zero-order valence-electron chi connectivity index (χ0n) is 15.3. The summed E-state index contributed by atoms with van der Waals surface area (Å²) in [4.78, 5) is 13.9. The largest absolute Gasteiger partial charge is 0.444 e. The van der Waals surface area contributed by atoms with Crippen LogP contribution in [0.3, 0.4) is 0 Å². The summed E-state index contributed by atoms with van der Waals surface area (Å²) in [5.41, 5.74) is 0.512. The van der Waals surface area contributed by atoms with Gasteiger partial charge in [-0.3, -0.25) is 0 Å². The molecule has 0 aliphatic carbocycles. The van der Waals surface area contributed by atoms with Crippen molar-refractivity contribution in [1.82, 2.24) is 4.90 Å². The van der Waals surface area contributed by atoms with E-state index in [9.17, 15) is 9.90 Å². The Balaban J connectivity index is 1.89. The lowest BCUT2D eigenvalue weighted by atomic mass is 10.2. The van der Waals surface area contributed by atoms with E-state index < -0.39 is 17.8 Å². The first kappa shape index (κ1) is 19.7. The summed E-state index contributed by atoms with van der Waals surface area (Å²) in [7, 11) is 0. The van der Waals surface area contributed by atoms with E-state index in [0.717, 1.165) is 5.56 Å². The van der Waals surface area contributed by atoms with E-state index in [1.807, 2.05) is 51.1 Å². The zero-order valence-corrected chi connectivity index (χ0v) is 15.3. The number of aliphatic hydroxyl groups is 1. The van der Waals surface area contributed by atoms with Crippen LogP contribution in [0.5, 0.6) is 0 Å². The predicted octanol–water partition coefficient (Wildman–Crippen LogP) is 2.59. The molecule has 1 N–H and O–H groups in total. The molecule has 140 valence electrons. The van der Waals surface area contributed by atoms with Crippen LogP contribution in [0, 0.1) is 0 Å². The fourth-order valence-electron chi connectivity index (χ4n) is 2.55. The molecule has 2 unspecified atom stereocenters. The fraction of sp³-hybridized carbons (Fsp3) is 0.632. The molecule has 1 aromatic rings. The summed E-state index contributed by atoms with van der Waals surface area (Å²) < 4.78 is 16.9. The van der Waals surface area contributed by atoms with E-state index in [1.165, 1.54) is 4.90 Å². The highest BCUT2D eigenvalue weighted by Crippen LogP contribution is 2.14. The molecule has 2 atom stereocenters. The number of amides is 1. The minimum absolute atomic E-state index is 0.244. The SMILES string of the molecule is CC(C)(C)OC(=O)N1CC(O)CCOC(COCc2ccccc2)C1. The molecule has 0 bridgehead atoms. The van der Waals surface area contributed by atoms with Crippen LogP contribution in [-0.4, -0.2) is 60.2 Å². The second kappa shape index (κ2) is 9.17. The van der Waals surface area contributed by atoms with Crippen LogP contribution in [0.2, 0.25) is 0 Å². The van der Waals surface area contributed by atoms with Crippen LogP contribution in [-0.2, 0) is 20.8 Å². The molecule has 1 aromatic carbocycles. The monoisotopic (exact) mass is 351 g/mol. The van der Waals surface area contributed by atoms with Crippen molar-refractivity contribution in [3.63, 3.8) is 0 Å². The minimum atomic E-state index is -0.612. The van der Waals surface area contributed by atoms with Crippen molar-refractivity contribution in [2.24, 2.45) is 0 Å². The van der Waals surface area contributed by atoms with E-state index in [2.05, 4.69) is 0 Å². The Hall–Kier alpha value is -1.63. The van der Waals surface area contributed by atoms with Crippen LogP contribution in [0.1, 0.15) is 32.8 Å². The van der Waals surface area contributed by atoms with Gasteiger partial charge < -0.3 is 24.2 Å². The van der Waals surface area contributed by atoms with Crippen LogP contribution >= 0.6 is 0 Å². The first-order valence-electron chi connectivity index (χ1n) is 8.73. The lowest BCUT2D eigenvalue weighted by molar-refractivity contribution is -0.0687. The quantitative estimate of drug-likeness (QED) is 0.903. The van der Waals surface area contributed by atoms with Gasteiger partial charge in [0, 0.05) is 6.61 Å². The Labute approximate surface area is 149 Å². The Bertz CT molecular complexity index is 528. The van der Waals surface area contributed by atoms with Crippen molar-refractivity contribution in [2.45, 2.75) is 51.6 Å². The Kier molecular flexibility index (Phi) is 7.23. The maximum Gasteiger partial charge on any atom is 0.410 e. The average Bonchev–Trinajstić information content (AvgIpc) is 2.51. The Morgan fingerprint density at radius 3 is 2.68 bits per heavy atom. The maximum absolute atomic E-state index is 12.4. The molecule has 0 saturated carbocycles. The van der Waals surface area contributed by atoms with Gasteiger partial charge in [0.2, 0.25) is 0 Å². The number of β-amino-alcohol motifs (C(OH)–C–C–N with tert-alkyl or cyclic N) is 1. The third-order valence-electron chi connectivity index (χ3n) is 3.73. The van der Waals surface area contributed by atoms with Crippen molar-refractivity contribution in [3.8, 4) is 0 Å².